The fraction of sp³-hybridized carbons (Fsp3) is 0.286. The molecule has 33 heavy (non-hydrogen) atoms. The van der Waals surface area contributed by atoms with Crippen molar-refractivity contribution in [2.75, 3.05) is 17.7 Å². The second-order valence-corrected chi connectivity index (χ2v) is 8.42. The van der Waals surface area contributed by atoms with Crippen LogP contribution in [0.15, 0.2) is 72.9 Å². The van der Waals surface area contributed by atoms with Crippen LogP contribution in [0.25, 0.3) is 6.08 Å². The van der Waals surface area contributed by atoms with Crippen molar-refractivity contribution in [3.05, 3.63) is 89.6 Å². The zero-order valence-corrected chi connectivity index (χ0v) is 19.2. The second-order valence-electron chi connectivity index (χ2n) is 8.42. The van der Waals surface area contributed by atoms with Crippen molar-refractivity contribution in [3.63, 3.8) is 0 Å². The smallest absolute Gasteiger partial charge is 0.137 e. The van der Waals surface area contributed by atoms with Crippen LogP contribution in [0, 0.1) is 5.41 Å². The van der Waals surface area contributed by atoms with Crippen LogP contribution in [0.5, 0.6) is 5.75 Å². The Labute approximate surface area is 196 Å². The summed E-state index contributed by atoms with van der Waals surface area (Å²) in [5.41, 5.74) is 4.36. The minimum absolute atomic E-state index is 0.410. The number of benzene rings is 2. The van der Waals surface area contributed by atoms with E-state index in [0.717, 1.165) is 46.8 Å². The van der Waals surface area contributed by atoms with E-state index in [1.807, 2.05) is 66.9 Å². The first-order valence-corrected chi connectivity index (χ1v) is 11.7. The first-order valence-electron chi connectivity index (χ1n) is 11.7. The number of pyridine rings is 1. The molecule has 1 fully saturated rings. The fourth-order valence-electron chi connectivity index (χ4n) is 4.20. The Morgan fingerprint density at radius 3 is 2.52 bits per heavy atom. The summed E-state index contributed by atoms with van der Waals surface area (Å²) in [6.07, 6.45) is 11.7. The number of allylic oxidation sites excluding steroid dienone is 1. The van der Waals surface area contributed by atoms with E-state index in [2.05, 4.69) is 27.8 Å². The summed E-state index contributed by atoms with van der Waals surface area (Å²) in [6.45, 7) is 0.652. The lowest BCUT2D eigenvalue weighted by Crippen LogP contribution is -2.24. The Balaban J connectivity index is 1.58. The van der Waals surface area contributed by atoms with E-state index in [9.17, 15) is 0 Å². The van der Waals surface area contributed by atoms with Crippen molar-refractivity contribution in [1.82, 2.24) is 4.98 Å². The molecule has 3 N–H and O–H groups in total. The quantitative estimate of drug-likeness (QED) is 0.331. The summed E-state index contributed by atoms with van der Waals surface area (Å²) < 4.78 is 5.26. The van der Waals surface area contributed by atoms with E-state index in [-0.39, 0.29) is 0 Å². The van der Waals surface area contributed by atoms with Gasteiger partial charge in [0, 0.05) is 24.5 Å². The van der Waals surface area contributed by atoms with Crippen molar-refractivity contribution in [3.8, 4) is 5.75 Å². The molecule has 3 aromatic rings. The maximum atomic E-state index is 8.89. The van der Waals surface area contributed by atoms with Gasteiger partial charge in [-0.1, -0.05) is 67.8 Å². The highest BCUT2D eigenvalue weighted by atomic mass is 16.5. The molecule has 5 heteroatoms. The predicted octanol–water partition coefficient (Wildman–Crippen LogP) is 6.53. The summed E-state index contributed by atoms with van der Waals surface area (Å²) >= 11 is 0. The maximum absolute atomic E-state index is 8.89. The van der Waals surface area contributed by atoms with Gasteiger partial charge in [0.2, 0.25) is 0 Å². The molecule has 170 valence electrons. The Morgan fingerprint density at radius 2 is 1.79 bits per heavy atom. The third-order valence-corrected chi connectivity index (χ3v) is 6.05. The third-order valence-electron chi connectivity index (χ3n) is 6.05. The van der Waals surface area contributed by atoms with Crippen molar-refractivity contribution in [2.24, 2.45) is 0 Å². The summed E-state index contributed by atoms with van der Waals surface area (Å²) in [7, 11) is 1.67. The molecule has 0 atom stereocenters. The highest BCUT2D eigenvalue weighted by Gasteiger charge is 2.18. The van der Waals surface area contributed by atoms with E-state index < -0.39 is 0 Å². The SMILES string of the molecule is COc1ccc(CNc2ccnc(NC3CCCCC3)c2C(=N)/C=C/c2ccccc2)cc1. The fourth-order valence-corrected chi connectivity index (χ4v) is 4.20. The van der Waals surface area contributed by atoms with Gasteiger partial charge in [-0.2, -0.15) is 0 Å². The van der Waals surface area contributed by atoms with Crippen LogP contribution in [0.2, 0.25) is 0 Å². The molecule has 4 rings (SSSR count). The molecule has 1 heterocycles. The first-order chi connectivity index (χ1) is 16.2. The first kappa shape index (κ1) is 22.6. The molecule has 0 saturated heterocycles. The molecule has 0 amide bonds. The van der Waals surface area contributed by atoms with E-state index in [1.165, 1.54) is 19.3 Å². The minimum atomic E-state index is 0.410. The number of ether oxygens (including phenoxy) is 1. The van der Waals surface area contributed by atoms with Crippen LogP contribution in [0.4, 0.5) is 11.5 Å². The molecule has 5 nitrogen and oxygen atoms in total. The standard InChI is InChI=1S/C28H32N4O/c1-33-24-15-12-22(13-16-24)20-31-26-18-19-30-28(32-23-10-6-3-7-11-23)27(26)25(29)17-14-21-8-4-2-5-9-21/h2,4-5,8-9,12-19,23,29H,3,6-7,10-11,20H2,1H3,(H2,30,31,32)/b17-14+,29-25?. The Kier molecular flexibility index (Phi) is 7.75. The topological polar surface area (TPSA) is 70.0 Å². The molecule has 0 aliphatic heterocycles. The second kappa shape index (κ2) is 11.3. The lowest BCUT2D eigenvalue weighted by atomic mass is 9.95. The minimum Gasteiger partial charge on any atom is -0.497 e. The zero-order valence-electron chi connectivity index (χ0n) is 19.2. The number of methoxy groups -OCH3 is 1. The van der Waals surface area contributed by atoms with Crippen LogP contribution in [-0.2, 0) is 6.54 Å². The van der Waals surface area contributed by atoms with Gasteiger partial charge in [-0.15, -0.1) is 0 Å². The van der Waals surface area contributed by atoms with E-state index in [0.29, 0.717) is 18.3 Å². The Morgan fingerprint density at radius 1 is 1.03 bits per heavy atom. The zero-order chi connectivity index (χ0) is 22.9. The summed E-state index contributed by atoms with van der Waals surface area (Å²) in [4.78, 5) is 4.64. The average molecular weight is 441 g/mol. The van der Waals surface area contributed by atoms with E-state index >= 15 is 0 Å². The number of hydrogen-bond donors (Lipinski definition) is 3. The molecular weight excluding hydrogens is 408 g/mol. The lowest BCUT2D eigenvalue weighted by molar-refractivity contribution is 0.414. The van der Waals surface area contributed by atoms with Crippen LogP contribution in [0.3, 0.4) is 0 Å². The number of nitrogens with one attached hydrogen (secondary N) is 3. The van der Waals surface area contributed by atoms with Gasteiger partial charge in [-0.05, 0) is 48.2 Å². The van der Waals surface area contributed by atoms with Crippen LogP contribution in [-0.4, -0.2) is 23.8 Å². The van der Waals surface area contributed by atoms with Gasteiger partial charge >= 0.3 is 0 Å². The number of hydrogen-bond acceptors (Lipinski definition) is 5. The Hall–Kier alpha value is -3.60. The largest absolute Gasteiger partial charge is 0.497 e. The third kappa shape index (κ3) is 6.22. The number of nitrogens with zero attached hydrogens (tertiary/aromatic N) is 1. The van der Waals surface area contributed by atoms with Crippen molar-refractivity contribution in [1.29, 1.82) is 5.41 Å². The van der Waals surface area contributed by atoms with Gasteiger partial charge in [0.15, 0.2) is 0 Å². The molecule has 1 saturated carbocycles. The monoisotopic (exact) mass is 440 g/mol. The van der Waals surface area contributed by atoms with Gasteiger partial charge in [-0.25, -0.2) is 4.98 Å². The van der Waals surface area contributed by atoms with Crippen molar-refractivity contribution >= 4 is 23.3 Å². The van der Waals surface area contributed by atoms with Gasteiger partial charge in [0.1, 0.15) is 11.6 Å². The molecule has 1 aliphatic carbocycles. The highest BCUT2D eigenvalue weighted by molar-refractivity contribution is 6.15. The van der Waals surface area contributed by atoms with Crippen molar-refractivity contribution < 1.29 is 4.74 Å². The maximum Gasteiger partial charge on any atom is 0.137 e. The summed E-state index contributed by atoms with van der Waals surface area (Å²) in [5.74, 6) is 1.62. The molecule has 0 unspecified atom stereocenters. The van der Waals surface area contributed by atoms with Gasteiger partial charge in [-0.3, -0.25) is 0 Å². The summed E-state index contributed by atoms with van der Waals surface area (Å²) in [5, 5.41) is 16.1. The predicted molar refractivity (Wildman–Crippen MR) is 137 cm³/mol. The molecule has 1 aliphatic rings. The molecule has 0 spiro atoms. The molecular formula is C28H32N4O. The molecule has 2 aromatic carbocycles. The summed E-state index contributed by atoms with van der Waals surface area (Å²) in [6, 6.07) is 20.5. The molecule has 0 bridgehead atoms. The van der Waals surface area contributed by atoms with Crippen molar-refractivity contribution in [2.45, 2.75) is 44.7 Å². The average Bonchev–Trinajstić information content (AvgIpc) is 2.87. The van der Waals surface area contributed by atoms with E-state index in [1.54, 1.807) is 7.11 Å². The van der Waals surface area contributed by atoms with E-state index in [4.69, 9.17) is 10.1 Å². The molecule has 0 radical (unpaired) electrons. The van der Waals surface area contributed by atoms with Gasteiger partial charge < -0.3 is 20.8 Å². The highest BCUT2D eigenvalue weighted by Crippen LogP contribution is 2.28. The number of aromatic nitrogens is 1. The van der Waals surface area contributed by atoms with Crippen LogP contribution >= 0.6 is 0 Å². The number of anilines is 2. The number of rotatable bonds is 9. The van der Waals surface area contributed by atoms with Crippen LogP contribution < -0.4 is 15.4 Å². The molecule has 1 aromatic heterocycles. The normalized spacial score (nSPS) is 14.2. The van der Waals surface area contributed by atoms with Gasteiger partial charge in [0.25, 0.3) is 0 Å². The Bertz CT molecular complexity index is 1070. The lowest BCUT2D eigenvalue weighted by Gasteiger charge is -2.25. The van der Waals surface area contributed by atoms with Gasteiger partial charge in [0.05, 0.1) is 18.4 Å². The van der Waals surface area contributed by atoms with Crippen LogP contribution in [0.1, 0.15) is 48.8 Å².